The summed E-state index contributed by atoms with van der Waals surface area (Å²) in [5, 5.41) is 9.60. The zero-order valence-electron chi connectivity index (χ0n) is 10.1. The van der Waals surface area contributed by atoms with Gasteiger partial charge in [-0.2, -0.15) is 13.2 Å². The quantitative estimate of drug-likeness (QED) is 0.786. The van der Waals surface area contributed by atoms with Gasteiger partial charge in [-0.3, -0.25) is 4.79 Å². The number of hydrogen-bond donors (Lipinski definition) is 1. The first-order valence-electron chi connectivity index (χ1n) is 6.31. The van der Waals surface area contributed by atoms with Crippen LogP contribution in [0.4, 0.5) is 13.2 Å². The molecule has 102 valence electrons. The van der Waals surface area contributed by atoms with Crippen LogP contribution in [0.2, 0.25) is 0 Å². The first-order valence-corrected chi connectivity index (χ1v) is 6.31. The van der Waals surface area contributed by atoms with E-state index in [1.807, 2.05) is 0 Å². The van der Waals surface area contributed by atoms with Crippen LogP contribution in [0.1, 0.15) is 46.7 Å². The molecule has 0 saturated heterocycles. The van der Waals surface area contributed by atoms with E-state index < -0.39 is 17.8 Å². The normalized spacial score (nSPS) is 30.1. The monoisotopic (exact) mass is 270 g/mol. The van der Waals surface area contributed by atoms with E-state index in [9.17, 15) is 23.1 Å². The molecule has 5 heteroatoms. The van der Waals surface area contributed by atoms with Crippen molar-refractivity contribution in [1.82, 2.24) is 0 Å². The third-order valence-corrected chi connectivity index (χ3v) is 4.20. The van der Waals surface area contributed by atoms with Crippen molar-refractivity contribution in [3.8, 4) is 0 Å². The number of fused-ring (bicyclic) bond motifs is 3. The zero-order chi connectivity index (χ0) is 13.8. The van der Waals surface area contributed by atoms with Gasteiger partial charge in [0, 0.05) is 11.5 Å². The maximum Gasteiger partial charge on any atom is 0.416 e. The van der Waals surface area contributed by atoms with Gasteiger partial charge in [0.05, 0.1) is 11.7 Å². The molecule has 0 heterocycles. The lowest BCUT2D eigenvalue weighted by Gasteiger charge is -2.28. The van der Waals surface area contributed by atoms with E-state index in [0.717, 1.165) is 12.1 Å². The number of ketones is 1. The Balaban J connectivity index is 2.04. The van der Waals surface area contributed by atoms with Gasteiger partial charge in [-0.05, 0) is 42.9 Å². The molecule has 1 aromatic rings. The molecular formula is C14H13F3O2. The Morgan fingerprint density at radius 1 is 1.16 bits per heavy atom. The lowest BCUT2D eigenvalue weighted by Crippen LogP contribution is -2.26. The van der Waals surface area contributed by atoms with Crippen molar-refractivity contribution in [3.63, 3.8) is 0 Å². The molecule has 0 aliphatic heterocycles. The number of halogens is 3. The molecule has 2 nitrogen and oxygen atoms in total. The molecule has 19 heavy (non-hydrogen) atoms. The van der Waals surface area contributed by atoms with Crippen molar-refractivity contribution in [3.05, 3.63) is 34.9 Å². The highest BCUT2D eigenvalue weighted by atomic mass is 19.4. The predicted octanol–water partition coefficient (Wildman–Crippen LogP) is 3.15. The summed E-state index contributed by atoms with van der Waals surface area (Å²) in [6, 6.07) is 3.35. The Bertz CT molecular complexity index is 536. The number of Topliss-reactive ketones (excluding diaryl/α,β-unsaturated/α-hetero) is 1. The largest absolute Gasteiger partial charge is 0.416 e. The number of aliphatic hydroxyl groups is 1. The van der Waals surface area contributed by atoms with Gasteiger partial charge in [0.2, 0.25) is 0 Å². The van der Waals surface area contributed by atoms with Crippen LogP contribution in [0.3, 0.4) is 0 Å². The molecule has 0 bridgehead atoms. The number of benzene rings is 1. The fourth-order valence-electron chi connectivity index (χ4n) is 3.28. The molecule has 0 amide bonds. The van der Waals surface area contributed by atoms with Gasteiger partial charge >= 0.3 is 6.18 Å². The number of hydrogen-bond acceptors (Lipinski definition) is 2. The van der Waals surface area contributed by atoms with Crippen molar-refractivity contribution in [1.29, 1.82) is 0 Å². The van der Waals surface area contributed by atoms with Gasteiger partial charge in [-0.1, -0.05) is 6.07 Å². The highest BCUT2D eigenvalue weighted by Crippen LogP contribution is 2.47. The van der Waals surface area contributed by atoms with Crippen LogP contribution >= 0.6 is 0 Å². The molecule has 0 radical (unpaired) electrons. The van der Waals surface area contributed by atoms with Crippen molar-refractivity contribution in [2.24, 2.45) is 5.92 Å². The first-order chi connectivity index (χ1) is 8.88. The summed E-state index contributed by atoms with van der Waals surface area (Å²) in [4.78, 5) is 12.1. The van der Waals surface area contributed by atoms with Crippen molar-refractivity contribution in [2.75, 3.05) is 0 Å². The number of rotatable bonds is 0. The van der Waals surface area contributed by atoms with Crippen LogP contribution in [-0.2, 0) is 6.18 Å². The highest BCUT2D eigenvalue weighted by molar-refractivity contribution is 6.03. The topological polar surface area (TPSA) is 37.3 Å². The molecule has 1 N–H and O–H groups in total. The van der Waals surface area contributed by atoms with Gasteiger partial charge in [0.1, 0.15) is 0 Å². The van der Waals surface area contributed by atoms with E-state index >= 15 is 0 Å². The van der Waals surface area contributed by atoms with E-state index in [4.69, 9.17) is 0 Å². The van der Waals surface area contributed by atoms with Crippen molar-refractivity contribution < 1.29 is 23.1 Å². The number of aliphatic hydroxyl groups excluding tert-OH is 1. The number of carbonyl (C=O) groups is 1. The molecule has 3 unspecified atom stereocenters. The lowest BCUT2D eigenvalue weighted by atomic mass is 9.78. The van der Waals surface area contributed by atoms with E-state index in [1.54, 1.807) is 0 Å². The molecule has 0 aromatic heterocycles. The molecule has 3 atom stereocenters. The zero-order valence-corrected chi connectivity index (χ0v) is 10.1. The Kier molecular flexibility index (Phi) is 2.71. The number of alkyl halides is 3. The minimum atomic E-state index is -4.38. The summed E-state index contributed by atoms with van der Waals surface area (Å²) in [5.41, 5.74) is 0.208. The van der Waals surface area contributed by atoms with E-state index in [-0.39, 0.29) is 17.6 Å². The Hall–Kier alpha value is -1.36. The van der Waals surface area contributed by atoms with Crippen molar-refractivity contribution >= 4 is 5.78 Å². The van der Waals surface area contributed by atoms with Crippen LogP contribution in [-0.4, -0.2) is 17.0 Å². The molecule has 2 aliphatic rings. The minimum absolute atomic E-state index is 0.118. The standard InChI is InChI=1S/C14H13F3O2/c15-14(16,17)7-1-3-10-11(5-7)9-4-2-8(18)6-12(9)13(10)19/h1,3,5,8-9,12,18H,2,4,6H2. The summed E-state index contributed by atoms with van der Waals surface area (Å²) in [6.45, 7) is 0. The molecular weight excluding hydrogens is 257 g/mol. The first kappa shape index (κ1) is 12.7. The van der Waals surface area contributed by atoms with E-state index in [2.05, 4.69) is 0 Å². The second-order valence-electron chi connectivity index (χ2n) is 5.34. The van der Waals surface area contributed by atoms with Crippen LogP contribution in [0, 0.1) is 5.92 Å². The molecule has 2 aliphatic carbocycles. The summed E-state index contributed by atoms with van der Waals surface area (Å²) in [7, 11) is 0. The van der Waals surface area contributed by atoms with Gasteiger partial charge < -0.3 is 5.11 Å². The summed E-state index contributed by atoms with van der Waals surface area (Å²) in [5.74, 6) is -0.622. The number of carbonyl (C=O) groups excluding carboxylic acids is 1. The molecule has 1 fully saturated rings. The van der Waals surface area contributed by atoms with E-state index in [1.165, 1.54) is 6.07 Å². The minimum Gasteiger partial charge on any atom is -0.393 e. The molecule has 1 saturated carbocycles. The summed E-state index contributed by atoms with van der Waals surface area (Å²) < 4.78 is 38.1. The predicted molar refractivity (Wildman–Crippen MR) is 61.9 cm³/mol. The average molecular weight is 270 g/mol. The lowest BCUT2D eigenvalue weighted by molar-refractivity contribution is -0.137. The third kappa shape index (κ3) is 1.96. The summed E-state index contributed by atoms with van der Waals surface area (Å²) in [6.07, 6.45) is -3.42. The third-order valence-electron chi connectivity index (χ3n) is 4.20. The molecule has 0 spiro atoms. The van der Waals surface area contributed by atoms with Crippen LogP contribution in [0.25, 0.3) is 0 Å². The molecule has 3 rings (SSSR count). The second-order valence-corrected chi connectivity index (χ2v) is 5.34. The SMILES string of the molecule is O=C1c2ccc(C(F)(F)F)cc2C2CCC(O)CC12. The van der Waals surface area contributed by atoms with Gasteiger partial charge in [-0.25, -0.2) is 0 Å². The summed E-state index contributed by atoms with van der Waals surface area (Å²) >= 11 is 0. The van der Waals surface area contributed by atoms with Crippen LogP contribution in [0.5, 0.6) is 0 Å². The van der Waals surface area contributed by atoms with E-state index in [0.29, 0.717) is 30.4 Å². The maximum atomic E-state index is 12.7. The second kappa shape index (κ2) is 4.07. The maximum absolute atomic E-state index is 12.7. The smallest absolute Gasteiger partial charge is 0.393 e. The Labute approximate surface area is 108 Å². The fourth-order valence-corrected chi connectivity index (χ4v) is 3.28. The Morgan fingerprint density at radius 2 is 1.89 bits per heavy atom. The average Bonchev–Trinajstić information content (AvgIpc) is 2.61. The Morgan fingerprint density at radius 3 is 2.58 bits per heavy atom. The van der Waals surface area contributed by atoms with Gasteiger partial charge in [0.25, 0.3) is 0 Å². The fraction of sp³-hybridized carbons (Fsp3) is 0.500. The molecule has 1 aromatic carbocycles. The van der Waals surface area contributed by atoms with Crippen molar-refractivity contribution in [2.45, 2.75) is 37.5 Å². The van der Waals surface area contributed by atoms with Crippen LogP contribution < -0.4 is 0 Å². The van der Waals surface area contributed by atoms with Gasteiger partial charge in [0.15, 0.2) is 5.78 Å². The van der Waals surface area contributed by atoms with Gasteiger partial charge in [-0.15, -0.1) is 0 Å². The van der Waals surface area contributed by atoms with Crippen LogP contribution in [0.15, 0.2) is 18.2 Å². The highest BCUT2D eigenvalue weighted by Gasteiger charge is 2.44.